The third-order valence-corrected chi connectivity index (χ3v) is 4.29. The highest BCUT2D eigenvalue weighted by molar-refractivity contribution is 6.09. The van der Waals surface area contributed by atoms with Gasteiger partial charge in [0, 0.05) is 14.1 Å². The van der Waals surface area contributed by atoms with Crippen molar-refractivity contribution >= 4 is 17.8 Å². The molecule has 6 heteroatoms. The van der Waals surface area contributed by atoms with Crippen molar-refractivity contribution in [2.75, 3.05) is 20.6 Å². The van der Waals surface area contributed by atoms with E-state index in [1.165, 1.54) is 4.90 Å². The lowest BCUT2D eigenvalue weighted by atomic mass is 9.73. The minimum atomic E-state index is -0.776. The normalized spacial score (nSPS) is 30.7. The first kappa shape index (κ1) is 13.8. The number of urea groups is 1. The molecule has 1 spiro atoms. The van der Waals surface area contributed by atoms with E-state index < -0.39 is 11.6 Å². The van der Waals surface area contributed by atoms with E-state index in [4.69, 9.17) is 0 Å². The van der Waals surface area contributed by atoms with Crippen molar-refractivity contribution in [3.63, 3.8) is 0 Å². The molecule has 4 amide bonds. The lowest BCUT2D eigenvalue weighted by Crippen LogP contribution is -2.54. The smallest absolute Gasteiger partial charge is 0.325 e. The number of nitrogens with one attached hydrogen (secondary N) is 1. The SMILES string of the molecule is C[C@@H]1CCCC[C@@]12NC(=O)N(CC(=O)N(C)C)C2=O. The Morgan fingerprint density at radius 3 is 2.68 bits per heavy atom. The number of nitrogens with zero attached hydrogens (tertiary/aromatic N) is 2. The van der Waals surface area contributed by atoms with E-state index in [9.17, 15) is 14.4 Å². The predicted octanol–water partition coefficient (Wildman–Crippen LogP) is 0.575. The summed E-state index contributed by atoms with van der Waals surface area (Å²) in [5.74, 6) is -0.360. The Morgan fingerprint density at radius 2 is 2.11 bits per heavy atom. The fourth-order valence-electron chi connectivity index (χ4n) is 2.92. The number of carbonyl (C=O) groups excluding carboxylic acids is 3. The average molecular weight is 267 g/mol. The summed E-state index contributed by atoms with van der Waals surface area (Å²) in [6.45, 7) is 1.82. The van der Waals surface area contributed by atoms with Gasteiger partial charge in [0.2, 0.25) is 5.91 Å². The Morgan fingerprint density at radius 1 is 1.42 bits per heavy atom. The Hall–Kier alpha value is -1.59. The molecule has 2 rings (SSSR count). The Balaban J connectivity index is 2.18. The second kappa shape index (κ2) is 4.83. The maximum absolute atomic E-state index is 12.5. The van der Waals surface area contributed by atoms with Gasteiger partial charge in [-0.2, -0.15) is 0 Å². The van der Waals surface area contributed by atoms with Gasteiger partial charge in [-0.1, -0.05) is 19.8 Å². The van der Waals surface area contributed by atoms with Gasteiger partial charge in [-0.25, -0.2) is 4.79 Å². The molecule has 0 bridgehead atoms. The third-order valence-electron chi connectivity index (χ3n) is 4.29. The van der Waals surface area contributed by atoms with Crippen LogP contribution >= 0.6 is 0 Å². The molecule has 2 fully saturated rings. The zero-order chi connectivity index (χ0) is 14.2. The first-order valence-electron chi connectivity index (χ1n) is 6.73. The van der Waals surface area contributed by atoms with Gasteiger partial charge in [-0.3, -0.25) is 14.5 Å². The molecule has 1 aliphatic heterocycles. The molecule has 1 aliphatic carbocycles. The number of hydrogen-bond acceptors (Lipinski definition) is 3. The summed E-state index contributed by atoms with van der Waals surface area (Å²) in [6.07, 6.45) is 3.63. The van der Waals surface area contributed by atoms with E-state index in [1.807, 2.05) is 6.92 Å². The lowest BCUT2D eigenvalue weighted by Gasteiger charge is -2.36. The number of likely N-dealkylation sites (N-methyl/N-ethyl adjacent to an activating group) is 1. The van der Waals surface area contributed by atoms with Gasteiger partial charge in [0.1, 0.15) is 12.1 Å². The molecule has 1 N–H and O–H groups in total. The fraction of sp³-hybridized carbons (Fsp3) is 0.769. The molecule has 0 radical (unpaired) electrons. The van der Waals surface area contributed by atoms with Crippen LogP contribution in [0.5, 0.6) is 0 Å². The van der Waals surface area contributed by atoms with Crippen molar-refractivity contribution in [1.82, 2.24) is 15.1 Å². The molecule has 0 aromatic heterocycles. The van der Waals surface area contributed by atoms with Gasteiger partial charge in [0.15, 0.2) is 0 Å². The lowest BCUT2D eigenvalue weighted by molar-refractivity contribution is -0.139. The van der Waals surface area contributed by atoms with E-state index in [1.54, 1.807) is 14.1 Å². The summed E-state index contributed by atoms with van der Waals surface area (Å²) in [7, 11) is 3.22. The summed E-state index contributed by atoms with van der Waals surface area (Å²) in [5, 5.41) is 2.83. The maximum atomic E-state index is 12.5. The van der Waals surface area contributed by atoms with Gasteiger partial charge >= 0.3 is 6.03 Å². The zero-order valence-electron chi connectivity index (χ0n) is 11.7. The topological polar surface area (TPSA) is 69.7 Å². The standard InChI is InChI=1S/C13H21N3O3/c1-9-6-4-5-7-13(9)11(18)16(12(19)14-13)8-10(17)15(2)3/h9H,4-8H2,1-3H3,(H,14,19)/t9-,13-/m1/s1. The van der Waals surface area contributed by atoms with E-state index in [-0.39, 0.29) is 24.3 Å². The Labute approximate surface area is 113 Å². The monoisotopic (exact) mass is 267 g/mol. The van der Waals surface area contributed by atoms with Crippen LogP contribution in [0.25, 0.3) is 0 Å². The first-order chi connectivity index (χ1) is 8.88. The number of imide groups is 1. The fourth-order valence-corrected chi connectivity index (χ4v) is 2.92. The molecule has 1 saturated carbocycles. The largest absolute Gasteiger partial charge is 0.347 e. The molecule has 6 nitrogen and oxygen atoms in total. The van der Waals surface area contributed by atoms with Crippen LogP contribution in [0.1, 0.15) is 32.6 Å². The minimum absolute atomic E-state index is 0.122. The Bertz CT molecular complexity index is 421. The Kier molecular flexibility index (Phi) is 3.52. The predicted molar refractivity (Wildman–Crippen MR) is 69.3 cm³/mol. The number of rotatable bonds is 2. The summed E-state index contributed by atoms with van der Waals surface area (Å²) < 4.78 is 0. The molecule has 19 heavy (non-hydrogen) atoms. The van der Waals surface area contributed by atoms with Gasteiger partial charge in [0.05, 0.1) is 0 Å². The highest BCUT2D eigenvalue weighted by Gasteiger charge is 2.55. The van der Waals surface area contributed by atoms with Crippen LogP contribution in [-0.4, -0.2) is 53.8 Å². The van der Waals surface area contributed by atoms with Crippen molar-refractivity contribution < 1.29 is 14.4 Å². The molecule has 1 heterocycles. The first-order valence-corrected chi connectivity index (χ1v) is 6.73. The molecular weight excluding hydrogens is 246 g/mol. The van der Waals surface area contributed by atoms with Crippen molar-refractivity contribution in [2.45, 2.75) is 38.1 Å². The molecule has 2 aliphatic rings. The zero-order valence-corrected chi connectivity index (χ0v) is 11.7. The number of carbonyl (C=O) groups is 3. The van der Waals surface area contributed by atoms with E-state index in [2.05, 4.69) is 5.32 Å². The van der Waals surface area contributed by atoms with Crippen LogP contribution < -0.4 is 5.32 Å². The molecule has 2 atom stereocenters. The maximum Gasteiger partial charge on any atom is 0.325 e. The minimum Gasteiger partial charge on any atom is -0.347 e. The second-order valence-corrected chi connectivity index (χ2v) is 5.73. The number of hydrogen-bond donors (Lipinski definition) is 1. The summed E-state index contributed by atoms with van der Waals surface area (Å²) in [5.41, 5.74) is -0.776. The summed E-state index contributed by atoms with van der Waals surface area (Å²) in [6, 6.07) is -0.436. The molecule has 106 valence electrons. The van der Waals surface area contributed by atoms with Crippen LogP contribution in [-0.2, 0) is 9.59 Å². The molecule has 0 aromatic rings. The molecule has 0 unspecified atom stereocenters. The third kappa shape index (κ3) is 2.19. The molecule has 0 aromatic carbocycles. The van der Waals surface area contributed by atoms with Crippen LogP contribution in [0, 0.1) is 5.92 Å². The highest BCUT2D eigenvalue weighted by Crippen LogP contribution is 2.38. The second-order valence-electron chi connectivity index (χ2n) is 5.73. The summed E-state index contributed by atoms with van der Waals surface area (Å²) >= 11 is 0. The summed E-state index contributed by atoms with van der Waals surface area (Å²) in [4.78, 5) is 38.7. The van der Waals surface area contributed by atoms with Gasteiger partial charge < -0.3 is 10.2 Å². The van der Waals surface area contributed by atoms with Crippen LogP contribution in [0.3, 0.4) is 0 Å². The molecular formula is C13H21N3O3. The van der Waals surface area contributed by atoms with Crippen molar-refractivity contribution in [1.29, 1.82) is 0 Å². The quantitative estimate of drug-likeness (QED) is 0.744. The van der Waals surface area contributed by atoms with E-state index in [0.717, 1.165) is 24.2 Å². The van der Waals surface area contributed by atoms with E-state index in [0.29, 0.717) is 6.42 Å². The van der Waals surface area contributed by atoms with Gasteiger partial charge in [-0.05, 0) is 18.8 Å². The number of amides is 4. The van der Waals surface area contributed by atoms with Crippen molar-refractivity contribution in [2.24, 2.45) is 5.92 Å². The van der Waals surface area contributed by atoms with Gasteiger partial charge in [-0.15, -0.1) is 0 Å². The van der Waals surface area contributed by atoms with Crippen molar-refractivity contribution in [3.8, 4) is 0 Å². The van der Waals surface area contributed by atoms with Crippen LogP contribution in [0.2, 0.25) is 0 Å². The average Bonchev–Trinajstić information content (AvgIpc) is 2.58. The van der Waals surface area contributed by atoms with Crippen LogP contribution in [0.15, 0.2) is 0 Å². The van der Waals surface area contributed by atoms with Gasteiger partial charge in [0.25, 0.3) is 5.91 Å². The molecule has 1 saturated heterocycles. The van der Waals surface area contributed by atoms with Crippen LogP contribution in [0.4, 0.5) is 4.79 Å². The van der Waals surface area contributed by atoms with Crippen molar-refractivity contribution in [3.05, 3.63) is 0 Å². The van der Waals surface area contributed by atoms with E-state index >= 15 is 0 Å². The highest BCUT2D eigenvalue weighted by atomic mass is 16.2.